The lowest BCUT2D eigenvalue weighted by Gasteiger charge is -2.36. The minimum Gasteiger partial charge on any atom is -0.379 e. The molecule has 0 radical (unpaired) electrons. The first-order chi connectivity index (χ1) is 17.7. The van der Waals surface area contributed by atoms with Crippen molar-refractivity contribution in [1.82, 2.24) is 28.9 Å². The van der Waals surface area contributed by atoms with Crippen LogP contribution < -0.4 is 21.5 Å². The maximum atomic E-state index is 13.2. The monoisotopic (exact) mass is 547 g/mol. The highest BCUT2D eigenvalue weighted by Crippen LogP contribution is 2.23. The Morgan fingerprint density at radius 2 is 1.78 bits per heavy atom. The molecule has 0 atom stereocenters. The summed E-state index contributed by atoms with van der Waals surface area (Å²) in [5, 5.41) is 4.70. The number of fused-ring (bicyclic) bond motifs is 1. The summed E-state index contributed by atoms with van der Waals surface area (Å²) in [7, 11) is 3.13. The Hall–Kier alpha value is -2.89. The zero-order chi connectivity index (χ0) is 26.7. The fourth-order valence-corrected chi connectivity index (χ4v) is 4.82. The summed E-state index contributed by atoms with van der Waals surface area (Å²) in [5.41, 5.74) is 0.987. The molecule has 1 saturated heterocycles. The molecular formula is C25H34ClN7O3S. The van der Waals surface area contributed by atoms with E-state index in [0.717, 1.165) is 41.3 Å². The van der Waals surface area contributed by atoms with Crippen molar-refractivity contribution in [3.8, 4) is 0 Å². The Kier molecular flexibility index (Phi) is 8.56. The lowest BCUT2D eigenvalue weighted by molar-refractivity contribution is 0.0776. The number of halogens is 1. The fraction of sp³-hybridized carbons (Fsp3) is 0.520. The van der Waals surface area contributed by atoms with Crippen LogP contribution >= 0.6 is 23.8 Å². The first-order valence-electron chi connectivity index (χ1n) is 12.5. The van der Waals surface area contributed by atoms with Crippen molar-refractivity contribution in [2.75, 3.05) is 44.2 Å². The molecule has 1 aliphatic heterocycles. The van der Waals surface area contributed by atoms with Gasteiger partial charge in [0.1, 0.15) is 0 Å². The first kappa shape index (κ1) is 27.2. The fourth-order valence-electron chi connectivity index (χ4n) is 4.41. The predicted molar refractivity (Wildman–Crippen MR) is 151 cm³/mol. The highest BCUT2D eigenvalue weighted by atomic mass is 35.5. The van der Waals surface area contributed by atoms with Gasteiger partial charge in [-0.2, -0.15) is 4.98 Å². The van der Waals surface area contributed by atoms with Crippen LogP contribution in [0, 0.1) is 0 Å². The summed E-state index contributed by atoms with van der Waals surface area (Å²) in [6.07, 6.45) is 1.12. The average molecular weight is 548 g/mol. The van der Waals surface area contributed by atoms with Crippen LogP contribution in [0.15, 0.2) is 33.9 Å². The second-order valence-electron chi connectivity index (χ2n) is 9.48. The van der Waals surface area contributed by atoms with E-state index in [-0.39, 0.29) is 11.7 Å². The van der Waals surface area contributed by atoms with Crippen LogP contribution in [-0.2, 0) is 25.4 Å². The molecule has 0 unspecified atom stereocenters. The molecule has 0 amide bonds. The molecule has 3 aromatic rings. The minimum absolute atomic E-state index is 0.228. The van der Waals surface area contributed by atoms with Crippen LogP contribution in [0.1, 0.15) is 25.8 Å². The van der Waals surface area contributed by atoms with E-state index in [4.69, 9.17) is 33.5 Å². The summed E-state index contributed by atoms with van der Waals surface area (Å²) in [5.74, 6) is 0.660. The van der Waals surface area contributed by atoms with Crippen molar-refractivity contribution in [3.05, 3.63) is 55.7 Å². The Labute approximate surface area is 226 Å². The van der Waals surface area contributed by atoms with E-state index >= 15 is 0 Å². The number of nitrogens with one attached hydrogen (secondary N) is 1. The molecule has 12 heteroatoms. The molecule has 200 valence electrons. The number of aryl methyl sites for hydroxylation is 1. The van der Waals surface area contributed by atoms with Crippen molar-refractivity contribution < 1.29 is 4.74 Å². The number of rotatable bonds is 8. The number of benzene rings is 1. The molecule has 1 N–H and O–H groups in total. The summed E-state index contributed by atoms with van der Waals surface area (Å²) in [6.45, 7) is 8.73. The summed E-state index contributed by atoms with van der Waals surface area (Å²) >= 11 is 11.7. The van der Waals surface area contributed by atoms with Crippen LogP contribution in [0.3, 0.4) is 0 Å². The molecule has 0 aliphatic carbocycles. The maximum absolute atomic E-state index is 13.2. The zero-order valence-corrected chi connectivity index (χ0v) is 23.3. The second kappa shape index (κ2) is 11.7. The number of hydrogen-bond acceptors (Lipinski definition) is 6. The van der Waals surface area contributed by atoms with Crippen LogP contribution in [-0.4, -0.2) is 74.1 Å². The quantitative estimate of drug-likeness (QED) is 0.338. The van der Waals surface area contributed by atoms with Gasteiger partial charge in [0.2, 0.25) is 5.95 Å². The normalized spacial score (nSPS) is 14.1. The second-order valence-corrected chi connectivity index (χ2v) is 10.3. The van der Waals surface area contributed by atoms with Gasteiger partial charge in [0, 0.05) is 58.4 Å². The average Bonchev–Trinajstić information content (AvgIpc) is 3.26. The van der Waals surface area contributed by atoms with Crippen LogP contribution in [0.2, 0.25) is 5.02 Å². The number of aromatic nitrogens is 4. The van der Waals surface area contributed by atoms with Gasteiger partial charge in [-0.05, 0) is 50.2 Å². The van der Waals surface area contributed by atoms with E-state index in [2.05, 4.69) is 15.1 Å². The zero-order valence-electron chi connectivity index (χ0n) is 21.7. The molecule has 0 bridgehead atoms. The van der Waals surface area contributed by atoms with Crippen LogP contribution in [0.4, 0.5) is 5.95 Å². The van der Waals surface area contributed by atoms with Crippen molar-refractivity contribution in [1.29, 1.82) is 0 Å². The molecule has 0 spiro atoms. The molecule has 3 heterocycles. The number of anilines is 1. The number of thiocarbonyl (C=S) groups is 1. The van der Waals surface area contributed by atoms with E-state index in [9.17, 15) is 9.59 Å². The third kappa shape index (κ3) is 6.00. The van der Waals surface area contributed by atoms with Gasteiger partial charge >= 0.3 is 5.69 Å². The van der Waals surface area contributed by atoms with Crippen molar-refractivity contribution in [2.24, 2.45) is 14.1 Å². The van der Waals surface area contributed by atoms with E-state index in [1.54, 1.807) is 7.05 Å². The summed E-state index contributed by atoms with van der Waals surface area (Å²) in [6, 6.07) is 7.51. The smallest absolute Gasteiger partial charge is 0.332 e. The highest BCUT2D eigenvalue weighted by molar-refractivity contribution is 7.80. The molecule has 1 aromatic carbocycles. The molecule has 4 rings (SSSR count). The van der Waals surface area contributed by atoms with Crippen LogP contribution in [0.25, 0.3) is 11.2 Å². The van der Waals surface area contributed by atoms with Crippen molar-refractivity contribution in [3.63, 3.8) is 0 Å². The van der Waals surface area contributed by atoms with Gasteiger partial charge in [-0.15, -0.1) is 0 Å². The molecule has 1 fully saturated rings. The van der Waals surface area contributed by atoms with E-state index in [1.165, 1.54) is 11.6 Å². The summed E-state index contributed by atoms with van der Waals surface area (Å²) < 4.78 is 10.0. The number of hydrogen-bond donors (Lipinski definition) is 1. The van der Waals surface area contributed by atoms with Gasteiger partial charge in [0.05, 0.1) is 12.6 Å². The van der Waals surface area contributed by atoms with Crippen molar-refractivity contribution in [2.45, 2.75) is 32.9 Å². The first-order valence-corrected chi connectivity index (χ1v) is 13.3. The molecule has 10 nitrogen and oxygen atoms in total. The summed E-state index contributed by atoms with van der Waals surface area (Å²) in [4.78, 5) is 34.9. The van der Waals surface area contributed by atoms with Crippen molar-refractivity contribution >= 4 is 46.0 Å². The van der Waals surface area contributed by atoms with Gasteiger partial charge in [0.25, 0.3) is 5.56 Å². The number of imidazole rings is 1. The Bertz CT molecular complexity index is 1370. The van der Waals surface area contributed by atoms with Gasteiger partial charge in [-0.1, -0.05) is 23.7 Å². The maximum Gasteiger partial charge on any atom is 0.332 e. The predicted octanol–water partition coefficient (Wildman–Crippen LogP) is 1.95. The molecule has 37 heavy (non-hydrogen) atoms. The Morgan fingerprint density at radius 3 is 2.43 bits per heavy atom. The van der Waals surface area contributed by atoms with Gasteiger partial charge in [0.15, 0.2) is 16.3 Å². The number of nitrogens with zero attached hydrogens (tertiary/aromatic N) is 6. The largest absolute Gasteiger partial charge is 0.379 e. The third-order valence-electron chi connectivity index (χ3n) is 6.48. The minimum atomic E-state index is -0.403. The van der Waals surface area contributed by atoms with E-state index in [1.807, 2.05) is 42.7 Å². The SMILES string of the molecule is CC(C)OCCCNC(=S)N1CCN(c2nc3c(c(=O)n(C)c(=O)n3C)n2Cc2ccc(Cl)cc2)CC1. The topological polar surface area (TPSA) is 89.6 Å². The lowest BCUT2D eigenvalue weighted by atomic mass is 10.2. The van der Waals surface area contributed by atoms with E-state index in [0.29, 0.717) is 48.4 Å². The standard InChI is InChI=1S/C25H34ClN7O3S/c1-17(2)36-15-5-10-27-24(37)32-13-11-31(12-14-32)23-28-21-20(22(34)30(4)25(35)29(21)3)33(23)16-18-6-8-19(26)9-7-18/h6-9,17H,5,10-16H2,1-4H3,(H,27,37). The molecule has 2 aromatic heterocycles. The van der Waals surface area contributed by atoms with E-state index < -0.39 is 5.69 Å². The lowest BCUT2D eigenvalue weighted by Crippen LogP contribution is -2.52. The number of piperazine rings is 1. The Balaban J connectivity index is 1.55. The molecular weight excluding hydrogens is 514 g/mol. The molecule has 1 aliphatic rings. The van der Waals surface area contributed by atoms with Gasteiger partial charge < -0.3 is 19.9 Å². The van der Waals surface area contributed by atoms with Gasteiger partial charge in [-0.25, -0.2) is 4.79 Å². The highest BCUT2D eigenvalue weighted by Gasteiger charge is 2.26. The Morgan fingerprint density at radius 1 is 1.11 bits per heavy atom. The molecule has 0 saturated carbocycles. The van der Waals surface area contributed by atoms with Gasteiger partial charge in [-0.3, -0.25) is 18.5 Å². The number of ether oxygens (including phenoxy) is 1. The third-order valence-corrected chi connectivity index (χ3v) is 7.13. The van der Waals surface area contributed by atoms with Crippen LogP contribution in [0.5, 0.6) is 0 Å².